The molecule has 4 fully saturated rings. The Kier molecular flexibility index (Phi) is 12.8. The summed E-state index contributed by atoms with van der Waals surface area (Å²) in [6, 6.07) is 0. The van der Waals surface area contributed by atoms with Crippen molar-refractivity contribution in [3.63, 3.8) is 0 Å². The third-order valence-corrected chi connectivity index (χ3v) is 13.4. The van der Waals surface area contributed by atoms with E-state index < -0.39 is 6.16 Å². The zero-order valence-corrected chi connectivity index (χ0v) is 28.0. The number of carbonyl (C=O) groups excluding carboxylic acids is 1. The van der Waals surface area contributed by atoms with Gasteiger partial charge in [0.05, 0.1) is 13.2 Å². The smallest absolute Gasteiger partial charge is 0.434 e. The molecule has 0 heterocycles. The molecule has 0 N–H and O–H groups in total. The molecule has 3 heteroatoms. The number of fused-ring (bicyclic) bond motifs is 5. The highest BCUT2D eigenvalue weighted by Crippen LogP contribution is 2.68. The van der Waals surface area contributed by atoms with Crippen LogP contribution >= 0.6 is 0 Å². The molecule has 41 heavy (non-hydrogen) atoms. The van der Waals surface area contributed by atoms with Crippen molar-refractivity contribution in [1.82, 2.24) is 0 Å². The molecule has 0 aromatic carbocycles. The molecule has 0 spiro atoms. The maximum Gasteiger partial charge on any atom is 0.508 e. The lowest BCUT2D eigenvalue weighted by molar-refractivity contribution is -0.114. The number of unbranched alkanes of at least 4 members (excludes halogenated alkanes) is 7. The number of carbonyl (C=O) groups is 1. The van der Waals surface area contributed by atoms with Crippen LogP contribution in [0.4, 0.5) is 4.79 Å². The Morgan fingerprint density at radius 1 is 0.732 bits per heavy atom. The Balaban J connectivity index is 1.10. The van der Waals surface area contributed by atoms with E-state index in [9.17, 15) is 4.79 Å². The van der Waals surface area contributed by atoms with Crippen molar-refractivity contribution >= 4 is 6.16 Å². The zero-order valence-electron chi connectivity index (χ0n) is 28.0. The quantitative estimate of drug-likeness (QED) is 0.136. The van der Waals surface area contributed by atoms with Gasteiger partial charge < -0.3 is 9.47 Å². The molecule has 0 amide bonds. The first-order chi connectivity index (χ1) is 19.8. The van der Waals surface area contributed by atoms with Gasteiger partial charge in [0.25, 0.3) is 0 Å². The van der Waals surface area contributed by atoms with Gasteiger partial charge in [-0.15, -0.1) is 0 Å². The number of rotatable bonds is 16. The molecule has 2 unspecified atom stereocenters. The van der Waals surface area contributed by atoms with Crippen molar-refractivity contribution in [3.05, 3.63) is 0 Å². The van der Waals surface area contributed by atoms with Crippen molar-refractivity contribution in [2.45, 2.75) is 169 Å². The molecule has 0 aromatic heterocycles. The van der Waals surface area contributed by atoms with Gasteiger partial charge in [-0.05, 0) is 116 Å². The van der Waals surface area contributed by atoms with Gasteiger partial charge in [0.15, 0.2) is 0 Å². The Morgan fingerprint density at radius 3 is 2.24 bits per heavy atom. The van der Waals surface area contributed by atoms with E-state index in [0.29, 0.717) is 30.0 Å². The van der Waals surface area contributed by atoms with Crippen molar-refractivity contribution in [3.8, 4) is 0 Å². The van der Waals surface area contributed by atoms with Crippen LogP contribution in [0.5, 0.6) is 0 Å². The predicted octanol–water partition coefficient (Wildman–Crippen LogP) is 11.8. The Morgan fingerprint density at radius 2 is 1.46 bits per heavy atom. The molecular weight excluding hydrogens is 504 g/mol. The van der Waals surface area contributed by atoms with Gasteiger partial charge in [0, 0.05) is 0 Å². The van der Waals surface area contributed by atoms with E-state index in [-0.39, 0.29) is 0 Å². The van der Waals surface area contributed by atoms with Crippen LogP contribution in [0.3, 0.4) is 0 Å². The number of hydrogen-bond acceptors (Lipinski definition) is 3. The second-order valence-corrected chi connectivity index (χ2v) is 16.0. The summed E-state index contributed by atoms with van der Waals surface area (Å²) in [6.07, 6.45) is 28.3. The normalized spacial score (nSPS) is 36.1. The highest BCUT2D eigenvalue weighted by Gasteiger charge is 2.60. The summed E-state index contributed by atoms with van der Waals surface area (Å²) in [5.41, 5.74) is 1.23. The Hall–Kier alpha value is -0.730. The topological polar surface area (TPSA) is 35.5 Å². The average Bonchev–Trinajstić information content (AvgIpc) is 3.32. The zero-order chi connectivity index (χ0) is 29.3. The van der Waals surface area contributed by atoms with E-state index in [2.05, 4.69) is 34.6 Å². The SMILES string of the molecule is CCCCCCCCCCOC(=O)OCC(C)CCC[C@@H](C)[C@H]1CC[C@H]2[C@@H]3CCC4CCCC[C@]4(C)[C@H]3CC[C@]12C. The molecule has 0 bridgehead atoms. The largest absolute Gasteiger partial charge is 0.508 e. The molecule has 4 aliphatic rings. The van der Waals surface area contributed by atoms with Crippen molar-refractivity contribution in [1.29, 1.82) is 0 Å². The van der Waals surface area contributed by atoms with E-state index in [0.717, 1.165) is 54.8 Å². The standard InChI is InChI=1S/C38H68O3/c1-6-7-8-9-10-11-12-15-27-40-36(39)41-28-29(2)17-16-18-30(3)33-22-23-34-32-21-20-31-19-13-14-25-37(31,4)35(32)24-26-38(33,34)5/h29-35H,6-28H2,1-5H3/t29?,30-,31?,32+,33-,34+,35+,37+,38-/m1/s1. The van der Waals surface area contributed by atoms with E-state index in [1.165, 1.54) is 116 Å². The molecule has 4 rings (SSSR count). The molecule has 0 radical (unpaired) electrons. The van der Waals surface area contributed by atoms with Crippen molar-refractivity contribution in [2.24, 2.45) is 52.3 Å². The minimum absolute atomic E-state index is 0.409. The van der Waals surface area contributed by atoms with Gasteiger partial charge in [0.1, 0.15) is 0 Å². The highest BCUT2D eigenvalue weighted by molar-refractivity contribution is 5.59. The van der Waals surface area contributed by atoms with Crippen LogP contribution in [0.15, 0.2) is 0 Å². The van der Waals surface area contributed by atoms with Gasteiger partial charge in [-0.3, -0.25) is 0 Å². The first kappa shape index (κ1) is 33.2. The minimum atomic E-state index is -0.468. The molecule has 4 saturated carbocycles. The highest BCUT2D eigenvalue weighted by atomic mass is 16.7. The van der Waals surface area contributed by atoms with Crippen LogP contribution in [-0.2, 0) is 9.47 Å². The molecule has 0 aliphatic heterocycles. The summed E-state index contributed by atoms with van der Waals surface area (Å²) >= 11 is 0. The van der Waals surface area contributed by atoms with E-state index >= 15 is 0 Å². The van der Waals surface area contributed by atoms with Gasteiger partial charge in [0.2, 0.25) is 0 Å². The monoisotopic (exact) mass is 573 g/mol. The molecule has 238 valence electrons. The third kappa shape index (κ3) is 8.26. The summed E-state index contributed by atoms with van der Waals surface area (Å²) < 4.78 is 10.8. The van der Waals surface area contributed by atoms with Gasteiger partial charge in [-0.2, -0.15) is 0 Å². The maximum atomic E-state index is 12.0. The number of hydrogen-bond donors (Lipinski definition) is 0. The summed E-state index contributed by atoms with van der Waals surface area (Å²) in [5.74, 6) is 6.17. The molecule has 0 saturated heterocycles. The van der Waals surface area contributed by atoms with Gasteiger partial charge in [-0.25, -0.2) is 4.79 Å². The molecule has 9 atom stereocenters. The predicted molar refractivity (Wildman–Crippen MR) is 172 cm³/mol. The van der Waals surface area contributed by atoms with Crippen molar-refractivity contribution < 1.29 is 14.3 Å². The van der Waals surface area contributed by atoms with E-state index in [1.54, 1.807) is 0 Å². The summed E-state index contributed by atoms with van der Waals surface area (Å²) in [5, 5.41) is 0. The fourth-order valence-corrected chi connectivity index (χ4v) is 11.0. The molecular formula is C38H68O3. The molecule has 3 nitrogen and oxygen atoms in total. The molecule has 4 aliphatic carbocycles. The van der Waals surface area contributed by atoms with E-state index in [1.807, 2.05) is 0 Å². The van der Waals surface area contributed by atoms with Crippen LogP contribution in [0.2, 0.25) is 0 Å². The lowest BCUT2D eigenvalue weighted by Gasteiger charge is -2.61. The van der Waals surface area contributed by atoms with Crippen LogP contribution in [0.25, 0.3) is 0 Å². The fourth-order valence-electron chi connectivity index (χ4n) is 11.0. The Bertz CT molecular complexity index is 779. The molecule has 0 aromatic rings. The third-order valence-electron chi connectivity index (χ3n) is 13.4. The fraction of sp³-hybridized carbons (Fsp3) is 0.974. The summed E-state index contributed by atoms with van der Waals surface area (Å²) in [7, 11) is 0. The second kappa shape index (κ2) is 15.8. The lowest BCUT2D eigenvalue weighted by Crippen LogP contribution is -2.53. The number of ether oxygens (including phenoxy) is 2. The maximum absolute atomic E-state index is 12.0. The van der Waals surface area contributed by atoms with Crippen LogP contribution in [0, 0.1) is 52.3 Å². The van der Waals surface area contributed by atoms with Crippen LogP contribution in [0.1, 0.15) is 169 Å². The van der Waals surface area contributed by atoms with Gasteiger partial charge >= 0.3 is 6.16 Å². The van der Waals surface area contributed by atoms with Crippen molar-refractivity contribution in [2.75, 3.05) is 13.2 Å². The average molecular weight is 573 g/mol. The summed E-state index contributed by atoms with van der Waals surface area (Å²) in [4.78, 5) is 12.0. The second-order valence-electron chi connectivity index (χ2n) is 16.0. The van der Waals surface area contributed by atoms with Gasteiger partial charge in [-0.1, -0.05) is 105 Å². The first-order valence-corrected chi connectivity index (χ1v) is 18.6. The lowest BCUT2D eigenvalue weighted by atomic mass is 9.44. The van der Waals surface area contributed by atoms with Crippen LogP contribution < -0.4 is 0 Å². The minimum Gasteiger partial charge on any atom is -0.434 e. The van der Waals surface area contributed by atoms with E-state index in [4.69, 9.17) is 9.47 Å². The summed E-state index contributed by atoms with van der Waals surface area (Å²) in [6.45, 7) is 13.5. The Labute approximate surface area is 255 Å². The first-order valence-electron chi connectivity index (χ1n) is 18.6. The van der Waals surface area contributed by atoms with Crippen LogP contribution in [-0.4, -0.2) is 19.4 Å².